The molecule has 3 nitrogen and oxygen atoms in total. The van der Waals surface area contributed by atoms with Crippen molar-refractivity contribution in [3.63, 3.8) is 0 Å². The number of hydrogen-bond acceptors (Lipinski definition) is 2. The first-order valence-electron chi connectivity index (χ1n) is 7.28. The van der Waals surface area contributed by atoms with Gasteiger partial charge in [-0.1, -0.05) is 36.4 Å². The largest absolute Gasteiger partial charge is 0.320 e. The predicted octanol–water partition coefficient (Wildman–Crippen LogP) is 2.95. The monoisotopic (exact) mass is 280 g/mol. The molecule has 1 atom stereocenters. The lowest BCUT2D eigenvalue weighted by Gasteiger charge is -2.27. The maximum atomic E-state index is 11.7. The molecule has 21 heavy (non-hydrogen) atoms. The van der Waals surface area contributed by atoms with Crippen LogP contribution in [0.2, 0.25) is 0 Å². The number of aryl methyl sites for hydroxylation is 2. The quantitative estimate of drug-likeness (QED) is 0.919. The number of fused-ring (bicyclic) bond motifs is 1. The predicted molar refractivity (Wildman–Crippen MR) is 85.4 cm³/mol. The van der Waals surface area contributed by atoms with Crippen LogP contribution in [0, 0.1) is 6.92 Å². The van der Waals surface area contributed by atoms with Gasteiger partial charge < -0.3 is 10.6 Å². The molecule has 1 unspecified atom stereocenters. The molecule has 1 amide bonds. The highest BCUT2D eigenvalue weighted by Crippen LogP contribution is 2.31. The van der Waals surface area contributed by atoms with Gasteiger partial charge in [0, 0.05) is 19.2 Å². The van der Waals surface area contributed by atoms with Crippen molar-refractivity contribution < 1.29 is 4.79 Å². The van der Waals surface area contributed by atoms with Crippen molar-refractivity contribution in [2.24, 2.45) is 5.73 Å². The van der Waals surface area contributed by atoms with Gasteiger partial charge in [0.25, 0.3) is 0 Å². The second-order valence-electron chi connectivity index (χ2n) is 5.68. The van der Waals surface area contributed by atoms with E-state index in [1.165, 1.54) is 11.1 Å². The summed E-state index contributed by atoms with van der Waals surface area (Å²) in [4.78, 5) is 13.5. The summed E-state index contributed by atoms with van der Waals surface area (Å²) in [6, 6.07) is 14.3. The Morgan fingerprint density at radius 1 is 1.14 bits per heavy atom. The fourth-order valence-electron chi connectivity index (χ4n) is 2.99. The highest BCUT2D eigenvalue weighted by atomic mass is 16.2. The average Bonchev–Trinajstić information content (AvgIpc) is 2.50. The van der Waals surface area contributed by atoms with Crippen LogP contribution in [-0.2, 0) is 11.2 Å². The van der Waals surface area contributed by atoms with Gasteiger partial charge in [-0.15, -0.1) is 0 Å². The van der Waals surface area contributed by atoms with Crippen molar-refractivity contribution in [1.29, 1.82) is 0 Å². The molecule has 108 valence electrons. The summed E-state index contributed by atoms with van der Waals surface area (Å²) < 4.78 is 0. The van der Waals surface area contributed by atoms with E-state index in [-0.39, 0.29) is 11.9 Å². The molecule has 2 aromatic carbocycles. The van der Waals surface area contributed by atoms with E-state index >= 15 is 0 Å². The van der Waals surface area contributed by atoms with Crippen LogP contribution in [0.4, 0.5) is 5.69 Å². The van der Waals surface area contributed by atoms with Gasteiger partial charge in [0.1, 0.15) is 0 Å². The van der Waals surface area contributed by atoms with Gasteiger partial charge in [0.2, 0.25) is 5.91 Å². The number of amides is 1. The fraction of sp³-hybridized carbons (Fsp3) is 0.278. The molecule has 2 N–H and O–H groups in total. The summed E-state index contributed by atoms with van der Waals surface area (Å²) in [5, 5.41) is 0. The molecule has 1 aliphatic heterocycles. The van der Waals surface area contributed by atoms with Gasteiger partial charge in [-0.25, -0.2) is 0 Å². The number of hydrogen-bond donors (Lipinski definition) is 1. The lowest BCUT2D eigenvalue weighted by Crippen LogP contribution is -2.31. The first-order valence-corrected chi connectivity index (χ1v) is 7.28. The minimum atomic E-state index is -0.126. The number of carbonyl (C=O) groups excluding carboxylic acids is 1. The zero-order valence-electron chi connectivity index (χ0n) is 12.5. The zero-order chi connectivity index (χ0) is 15.0. The van der Waals surface area contributed by atoms with Gasteiger partial charge in [0.15, 0.2) is 0 Å². The number of benzene rings is 2. The second kappa shape index (κ2) is 5.34. The van der Waals surface area contributed by atoms with Gasteiger partial charge in [-0.05, 0) is 41.7 Å². The number of nitrogens with two attached hydrogens (primary N) is 1. The summed E-state index contributed by atoms with van der Waals surface area (Å²) in [5.74, 6) is 0.179. The smallest absolute Gasteiger partial charge is 0.227 e. The van der Waals surface area contributed by atoms with Crippen LogP contribution >= 0.6 is 0 Å². The minimum Gasteiger partial charge on any atom is -0.320 e. The first-order chi connectivity index (χ1) is 10.1. The van der Waals surface area contributed by atoms with Gasteiger partial charge in [-0.3, -0.25) is 4.79 Å². The molecule has 1 aliphatic rings. The Bertz CT molecular complexity index is 693. The molecule has 0 radical (unpaired) electrons. The Kier molecular flexibility index (Phi) is 3.52. The molecular formula is C18H20N2O. The Morgan fingerprint density at radius 2 is 1.90 bits per heavy atom. The normalized spacial score (nSPS) is 15.8. The maximum absolute atomic E-state index is 11.7. The summed E-state index contributed by atoms with van der Waals surface area (Å²) >= 11 is 0. The van der Waals surface area contributed by atoms with Crippen LogP contribution in [0.5, 0.6) is 0 Å². The Labute approximate surface area is 125 Å². The first kappa shape index (κ1) is 13.8. The number of nitrogens with zero attached hydrogens (tertiary/aromatic N) is 1. The molecule has 0 saturated heterocycles. The molecule has 0 aliphatic carbocycles. The number of carbonyl (C=O) groups is 1. The zero-order valence-corrected chi connectivity index (χ0v) is 12.5. The van der Waals surface area contributed by atoms with E-state index in [1.54, 1.807) is 4.90 Å². The molecule has 0 saturated carbocycles. The molecule has 2 aromatic rings. The van der Waals surface area contributed by atoms with Crippen molar-refractivity contribution in [2.75, 3.05) is 11.9 Å². The number of anilines is 1. The summed E-state index contributed by atoms with van der Waals surface area (Å²) in [7, 11) is 1.83. The third kappa shape index (κ3) is 2.45. The van der Waals surface area contributed by atoms with E-state index < -0.39 is 0 Å². The van der Waals surface area contributed by atoms with Crippen molar-refractivity contribution in [2.45, 2.75) is 25.8 Å². The van der Waals surface area contributed by atoms with Crippen LogP contribution in [-0.4, -0.2) is 13.0 Å². The molecule has 0 spiro atoms. The van der Waals surface area contributed by atoms with E-state index in [0.717, 1.165) is 23.2 Å². The number of rotatable bonds is 2. The molecule has 1 heterocycles. The summed E-state index contributed by atoms with van der Waals surface area (Å²) in [6.07, 6.45) is 1.37. The van der Waals surface area contributed by atoms with Crippen molar-refractivity contribution in [3.8, 4) is 0 Å². The second-order valence-corrected chi connectivity index (χ2v) is 5.68. The highest BCUT2D eigenvalue weighted by Gasteiger charge is 2.22. The standard InChI is InChI=1S/C18H20N2O/c1-12-5-3-4-6-15(12)18(19)14-7-9-16-13(11-14)8-10-17(21)20(16)2/h3-7,9,11,18H,8,10,19H2,1-2H3. The van der Waals surface area contributed by atoms with Crippen LogP contribution in [0.25, 0.3) is 0 Å². The maximum Gasteiger partial charge on any atom is 0.227 e. The summed E-state index contributed by atoms with van der Waals surface area (Å²) in [6.45, 7) is 2.08. The third-order valence-electron chi connectivity index (χ3n) is 4.33. The lowest BCUT2D eigenvalue weighted by molar-refractivity contribution is -0.118. The van der Waals surface area contributed by atoms with E-state index in [4.69, 9.17) is 5.73 Å². The van der Waals surface area contributed by atoms with Gasteiger partial charge >= 0.3 is 0 Å². The van der Waals surface area contributed by atoms with Gasteiger partial charge in [0.05, 0.1) is 6.04 Å². The fourth-order valence-corrected chi connectivity index (χ4v) is 2.99. The molecule has 0 bridgehead atoms. The molecule has 0 aromatic heterocycles. The van der Waals surface area contributed by atoms with Crippen molar-refractivity contribution >= 4 is 11.6 Å². The van der Waals surface area contributed by atoms with Gasteiger partial charge in [-0.2, -0.15) is 0 Å². The third-order valence-corrected chi connectivity index (χ3v) is 4.33. The SMILES string of the molecule is Cc1ccccc1C(N)c1ccc2c(c1)CCC(=O)N2C. The average molecular weight is 280 g/mol. The molecule has 3 rings (SSSR count). The van der Waals surface area contributed by atoms with E-state index in [9.17, 15) is 4.79 Å². The van der Waals surface area contributed by atoms with E-state index in [0.29, 0.717) is 6.42 Å². The Hall–Kier alpha value is -2.13. The molecule has 3 heteroatoms. The lowest BCUT2D eigenvalue weighted by atomic mass is 9.92. The van der Waals surface area contributed by atoms with Crippen LogP contribution in [0.1, 0.15) is 34.7 Å². The molecular weight excluding hydrogens is 260 g/mol. The summed E-state index contributed by atoms with van der Waals surface area (Å²) in [5.41, 5.74) is 12.1. The highest BCUT2D eigenvalue weighted by molar-refractivity contribution is 5.95. The minimum absolute atomic E-state index is 0.126. The molecule has 0 fully saturated rings. The van der Waals surface area contributed by atoms with Crippen molar-refractivity contribution in [3.05, 3.63) is 64.7 Å². The topological polar surface area (TPSA) is 46.3 Å². The van der Waals surface area contributed by atoms with Crippen LogP contribution in [0.15, 0.2) is 42.5 Å². The Morgan fingerprint density at radius 3 is 2.67 bits per heavy atom. The van der Waals surface area contributed by atoms with Crippen LogP contribution < -0.4 is 10.6 Å². The Balaban J connectivity index is 1.98. The van der Waals surface area contributed by atoms with Crippen LogP contribution in [0.3, 0.4) is 0 Å². The van der Waals surface area contributed by atoms with E-state index in [2.05, 4.69) is 25.1 Å². The van der Waals surface area contributed by atoms with Crippen molar-refractivity contribution in [1.82, 2.24) is 0 Å². The van der Waals surface area contributed by atoms with E-state index in [1.807, 2.05) is 31.3 Å².